The van der Waals surface area contributed by atoms with E-state index >= 15 is 0 Å². The standard InChI is InChI=1S/C25H22N4O2/c1-3-7-20(8-4-1)15-30-23-13-11-21(12-14-23)24-28-25(17-31-24,16-29-19-26-18-27-29)22-9-5-2-6-10-22/h1-14,18-19H,15-17H2. The second-order valence-electron chi connectivity index (χ2n) is 7.49. The van der Waals surface area contributed by atoms with Gasteiger partial charge < -0.3 is 9.47 Å². The Bertz CT molecular complexity index is 1140. The van der Waals surface area contributed by atoms with E-state index in [1.165, 1.54) is 6.33 Å². The second kappa shape index (κ2) is 8.44. The summed E-state index contributed by atoms with van der Waals surface area (Å²) in [6.07, 6.45) is 3.24. The van der Waals surface area contributed by atoms with Gasteiger partial charge in [0.05, 0.1) is 6.54 Å². The fourth-order valence-electron chi connectivity index (χ4n) is 3.68. The lowest BCUT2D eigenvalue weighted by Crippen LogP contribution is -2.31. The Morgan fingerprint density at radius 1 is 0.903 bits per heavy atom. The number of hydrogen-bond donors (Lipinski definition) is 0. The molecular weight excluding hydrogens is 388 g/mol. The van der Waals surface area contributed by atoms with Crippen molar-refractivity contribution in [2.24, 2.45) is 4.99 Å². The third-order valence-electron chi connectivity index (χ3n) is 5.31. The summed E-state index contributed by atoms with van der Waals surface area (Å²) in [6.45, 7) is 1.53. The first-order valence-electron chi connectivity index (χ1n) is 10.2. The summed E-state index contributed by atoms with van der Waals surface area (Å²) in [6, 6.07) is 28.2. The van der Waals surface area contributed by atoms with E-state index in [1.54, 1.807) is 11.0 Å². The van der Waals surface area contributed by atoms with Gasteiger partial charge in [0.15, 0.2) is 0 Å². The van der Waals surface area contributed by atoms with Gasteiger partial charge in [-0.1, -0.05) is 60.7 Å². The SMILES string of the molecule is c1ccc(COc2ccc(C3=NC(Cn4cncn4)(c4ccccc4)CO3)cc2)cc1. The van der Waals surface area contributed by atoms with Gasteiger partial charge in [-0.2, -0.15) is 5.10 Å². The highest BCUT2D eigenvalue weighted by atomic mass is 16.5. The average molecular weight is 410 g/mol. The van der Waals surface area contributed by atoms with Crippen LogP contribution in [0.4, 0.5) is 0 Å². The molecule has 3 aromatic carbocycles. The zero-order valence-corrected chi connectivity index (χ0v) is 17.0. The van der Waals surface area contributed by atoms with Crippen molar-refractivity contribution in [2.75, 3.05) is 6.61 Å². The van der Waals surface area contributed by atoms with E-state index in [4.69, 9.17) is 14.5 Å². The molecule has 1 atom stereocenters. The van der Waals surface area contributed by atoms with Crippen molar-refractivity contribution in [2.45, 2.75) is 18.7 Å². The van der Waals surface area contributed by atoms with Crippen LogP contribution >= 0.6 is 0 Å². The molecule has 0 amide bonds. The fraction of sp³-hybridized carbons (Fsp3) is 0.160. The molecule has 0 saturated carbocycles. The number of benzene rings is 3. The number of aliphatic imine (C=N–C) groups is 1. The van der Waals surface area contributed by atoms with Crippen LogP contribution in [0.25, 0.3) is 0 Å². The second-order valence-corrected chi connectivity index (χ2v) is 7.49. The van der Waals surface area contributed by atoms with Crippen molar-refractivity contribution in [1.82, 2.24) is 14.8 Å². The van der Waals surface area contributed by atoms with Gasteiger partial charge in [-0.05, 0) is 35.4 Å². The molecule has 154 valence electrons. The summed E-state index contributed by atoms with van der Waals surface area (Å²) in [7, 11) is 0. The van der Waals surface area contributed by atoms with Gasteiger partial charge in [0, 0.05) is 5.56 Å². The number of ether oxygens (including phenoxy) is 2. The molecule has 1 aromatic heterocycles. The monoisotopic (exact) mass is 410 g/mol. The summed E-state index contributed by atoms with van der Waals surface area (Å²) < 4.78 is 13.8. The highest BCUT2D eigenvalue weighted by Crippen LogP contribution is 2.34. The molecule has 2 heterocycles. The van der Waals surface area contributed by atoms with E-state index < -0.39 is 5.54 Å². The van der Waals surface area contributed by atoms with Crippen molar-refractivity contribution in [3.05, 3.63) is 114 Å². The van der Waals surface area contributed by atoms with Crippen LogP contribution in [-0.2, 0) is 23.4 Å². The van der Waals surface area contributed by atoms with Crippen LogP contribution < -0.4 is 4.74 Å². The van der Waals surface area contributed by atoms with E-state index in [9.17, 15) is 0 Å². The quantitative estimate of drug-likeness (QED) is 0.457. The molecule has 0 saturated heterocycles. The third kappa shape index (κ3) is 4.19. The van der Waals surface area contributed by atoms with Gasteiger partial charge >= 0.3 is 0 Å². The molecule has 1 unspecified atom stereocenters. The number of aromatic nitrogens is 3. The van der Waals surface area contributed by atoms with Crippen molar-refractivity contribution in [3.8, 4) is 5.75 Å². The third-order valence-corrected chi connectivity index (χ3v) is 5.31. The molecule has 31 heavy (non-hydrogen) atoms. The van der Waals surface area contributed by atoms with Crippen molar-refractivity contribution in [3.63, 3.8) is 0 Å². The van der Waals surface area contributed by atoms with E-state index in [0.29, 0.717) is 25.7 Å². The molecule has 1 aliphatic heterocycles. The Hall–Kier alpha value is -3.93. The molecule has 4 aromatic rings. The molecule has 6 nitrogen and oxygen atoms in total. The first-order chi connectivity index (χ1) is 15.3. The number of rotatable bonds is 7. The Balaban J connectivity index is 1.37. The van der Waals surface area contributed by atoms with E-state index in [1.807, 2.05) is 72.8 Å². The minimum atomic E-state index is -0.549. The zero-order chi connectivity index (χ0) is 20.9. The van der Waals surface area contributed by atoms with Crippen LogP contribution in [0.5, 0.6) is 5.75 Å². The molecule has 0 spiro atoms. The van der Waals surface area contributed by atoms with Crippen molar-refractivity contribution >= 4 is 5.90 Å². The van der Waals surface area contributed by atoms with E-state index in [-0.39, 0.29) is 0 Å². The van der Waals surface area contributed by atoms with Crippen LogP contribution in [0.3, 0.4) is 0 Å². The van der Waals surface area contributed by atoms with Crippen LogP contribution in [-0.4, -0.2) is 27.3 Å². The largest absolute Gasteiger partial charge is 0.489 e. The molecule has 5 rings (SSSR count). The molecule has 0 fully saturated rings. The predicted octanol–water partition coefficient (Wildman–Crippen LogP) is 4.23. The minimum Gasteiger partial charge on any atom is -0.489 e. The molecule has 0 radical (unpaired) electrons. The van der Waals surface area contributed by atoms with Gasteiger partial charge in [0.1, 0.15) is 37.2 Å². The lowest BCUT2D eigenvalue weighted by Gasteiger charge is -2.24. The van der Waals surface area contributed by atoms with Crippen LogP contribution in [0, 0.1) is 0 Å². The van der Waals surface area contributed by atoms with Gasteiger partial charge in [-0.15, -0.1) is 0 Å². The highest BCUT2D eigenvalue weighted by Gasteiger charge is 2.39. The maximum absolute atomic E-state index is 6.08. The molecule has 0 bridgehead atoms. The Kier molecular flexibility index (Phi) is 5.19. The Labute approximate surface area is 180 Å². The number of nitrogens with zero attached hydrogens (tertiary/aromatic N) is 4. The van der Waals surface area contributed by atoms with Gasteiger partial charge in [-0.3, -0.25) is 4.68 Å². The fourth-order valence-corrected chi connectivity index (χ4v) is 3.68. The average Bonchev–Trinajstić information content (AvgIpc) is 3.51. The van der Waals surface area contributed by atoms with Crippen molar-refractivity contribution < 1.29 is 9.47 Å². The topological polar surface area (TPSA) is 61.5 Å². The van der Waals surface area contributed by atoms with Gasteiger partial charge in [-0.25, -0.2) is 9.98 Å². The first kappa shape index (κ1) is 19.1. The van der Waals surface area contributed by atoms with Crippen molar-refractivity contribution in [1.29, 1.82) is 0 Å². The van der Waals surface area contributed by atoms with Gasteiger partial charge in [0.2, 0.25) is 5.90 Å². The highest BCUT2D eigenvalue weighted by molar-refractivity contribution is 5.95. The lowest BCUT2D eigenvalue weighted by atomic mass is 9.91. The van der Waals surface area contributed by atoms with E-state index in [2.05, 4.69) is 22.2 Å². The molecule has 1 aliphatic rings. The van der Waals surface area contributed by atoms with Crippen LogP contribution in [0.2, 0.25) is 0 Å². The summed E-state index contributed by atoms with van der Waals surface area (Å²) in [5.74, 6) is 1.43. The molecule has 6 heteroatoms. The first-order valence-corrected chi connectivity index (χ1v) is 10.2. The van der Waals surface area contributed by atoms with E-state index in [0.717, 1.165) is 22.4 Å². The maximum Gasteiger partial charge on any atom is 0.217 e. The van der Waals surface area contributed by atoms with Gasteiger partial charge in [0.25, 0.3) is 0 Å². The summed E-state index contributed by atoms with van der Waals surface area (Å²) in [5.41, 5.74) is 2.59. The Morgan fingerprint density at radius 3 is 2.35 bits per heavy atom. The minimum absolute atomic E-state index is 0.443. The molecule has 0 N–H and O–H groups in total. The molecule has 0 aliphatic carbocycles. The van der Waals surface area contributed by atoms with Crippen LogP contribution in [0.15, 0.2) is 103 Å². The predicted molar refractivity (Wildman–Crippen MR) is 118 cm³/mol. The Morgan fingerprint density at radius 2 is 1.65 bits per heavy atom. The summed E-state index contributed by atoms with van der Waals surface area (Å²) in [4.78, 5) is 9.09. The molecular formula is C25H22N4O2. The summed E-state index contributed by atoms with van der Waals surface area (Å²) in [5, 5.41) is 4.27. The lowest BCUT2D eigenvalue weighted by molar-refractivity contribution is 0.230. The maximum atomic E-state index is 6.08. The zero-order valence-electron chi connectivity index (χ0n) is 17.0. The number of hydrogen-bond acceptors (Lipinski definition) is 5. The normalized spacial score (nSPS) is 17.7. The summed E-state index contributed by atoms with van der Waals surface area (Å²) >= 11 is 0. The smallest absolute Gasteiger partial charge is 0.217 e. The van der Waals surface area contributed by atoms with Crippen LogP contribution in [0.1, 0.15) is 16.7 Å².